The first kappa shape index (κ1) is 12.2. The Hall–Kier alpha value is -0.830. The van der Waals surface area contributed by atoms with Crippen LogP contribution in [0.3, 0.4) is 0 Å². The molecule has 0 aliphatic rings. The van der Waals surface area contributed by atoms with Gasteiger partial charge in [-0.05, 0) is 30.4 Å². The fourth-order valence-electron chi connectivity index (χ4n) is 1.12. The highest BCUT2D eigenvalue weighted by molar-refractivity contribution is 6.28. The maximum Gasteiger partial charge on any atom is 0.224 e. The van der Waals surface area contributed by atoms with Crippen molar-refractivity contribution in [3.8, 4) is 0 Å². The lowest BCUT2D eigenvalue weighted by Gasteiger charge is -2.16. The molecule has 1 N–H and O–H groups in total. The molecule has 84 valence electrons. The Morgan fingerprint density at radius 1 is 1.33 bits per heavy atom. The van der Waals surface area contributed by atoms with Crippen LogP contribution in [0.25, 0.3) is 0 Å². The van der Waals surface area contributed by atoms with E-state index < -0.39 is 0 Å². The van der Waals surface area contributed by atoms with Crippen LogP contribution in [0.5, 0.6) is 0 Å². The summed E-state index contributed by atoms with van der Waals surface area (Å²) in [5, 5.41) is 3.57. The summed E-state index contributed by atoms with van der Waals surface area (Å²) in [5.74, 6) is 2.08. The minimum absolute atomic E-state index is 0.301. The van der Waals surface area contributed by atoms with Crippen molar-refractivity contribution in [1.82, 2.24) is 9.97 Å². The number of nitrogens with one attached hydrogen (secondary N) is 1. The molecule has 0 bridgehead atoms. The van der Waals surface area contributed by atoms with E-state index >= 15 is 0 Å². The van der Waals surface area contributed by atoms with Gasteiger partial charge < -0.3 is 5.32 Å². The summed E-state index contributed by atoms with van der Waals surface area (Å²) in [5.41, 5.74) is 0.884. The van der Waals surface area contributed by atoms with E-state index in [2.05, 4.69) is 36.1 Å². The molecule has 1 unspecified atom stereocenters. The standard InChI is InChI=1S/C11H18ClN3/c1-7(2)8(3)6-13-10-5-9(4)14-11(12)15-10/h5,7-8H,6H2,1-4H3,(H,13,14,15). The van der Waals surface area contributed by atoms with Crippen molar-refractivity contribution in [2.24, 2.45) is 11.8 Å². The zero-order valence-electron chi connectivity index (χ0n) is 9.71. The molecule has 1 atom stereocenters. The minimum Gasteiger partial charge on any atom is -0.370 e. The van der Waals surface area contributed by atoms with Crippen LogP contribution in [0.15, 0.2) is 6.07 Å². The fourth-order valence-corrected chi connectivity index (χ4v) is 1.35. The zero-order valence-corrected chi connectivity index (χ0v) is 10.5. The summed E-state index contributed by atoms with van der Waals surface area (Å²) in [6, 6.07) is 1.90. The van der Waals surface area contributed by atoms with Gasteiger partial charge in [-0.2, -0.15) is 0 Å². The van der Waals surface area contributed by atoms with E-state index in [9.17, 15) is 0 Å². The number of rotatable bonds is 4. The molecule has 0 fully saturated rings. The molecular formula is C11H18ClN3. The zero-order chi connectivity index (χ0) is 11.4. The molecule has 3 nitrogen and oxygen atoms in total. The van der Waals surface area contributed by atoms with E-state index in [0.29, 0.717) is 17.1 Å². The Bertz CT molecular complexity index is 305. The largest absolute Gasteiger partial charge is 0.370 e. The topological polar surface area (TPSA) is 37.8 Å². The molecule has 1 aromatic heterocycles. The number of anilines is 1. The van der Waals surface area contributed by atoms with Crippen LogP contribution < -0.4 is 5.32 Å². The first-order valence-electron chi connectivity index (χ1n) is 5.24. The lowest BCUT2D eigenvalue weighted by atomic mass is 9.98. The van der Waals surface area contributed by atoms with Crippen LogP contribution in [0.4, 0.5) is 5.82 Å². The second-order valence-electron chi connectivity index (χ2n) is 4.27. The highest BCUT2D eigenvalue weighted by Crippen LogP contribution is 2.13. The quantitative estimate of drug-likeness (QED) is 0.804. The van der Waals surface area contributed by atoms with Gasteiger partial charge in [0, 0.05) is 18.3 Å². The van der Waals surface area contributed by atoms with Gasteiger partial charge in [-0.15, -0.1) is 0 Å². The molecule has 0 spiro atoms. The number of halogens is 1. The Morgan fingerprint density at radius 2 is 2.00 bits per heavy atom. The van der Waals surface area contributed by atoms with E-state index in [4.69, 9.17) is 11.6 Å². The highest BCUT2D eigenvalue weighted by Gasteiger charge is 2.07. The van der Waals surface area contributed by atoms with Crippen molar-refractivity contribution >= 4 is 17.4 Å². The maximum atomic E-state index is 5.77. The Morgan fingerprint density at radius 3 is 2.53 bits per heavy atom. The van der Waals surface area contributed by atoms with Crippen LogP contribution >= 0.6 is 11.6 Å². The normalized spacial score (nSPS) is 12.9. The van der Waals surface area contributed by atoms with Gasteiger partial charge in [-0.1, -0.05) is 20.8 Å². The fraction of sp³-hybridized carbons (Fsp3) is 0.636. The SMILES string of the molecule is Cc1cc(NCC(C)C(C)C)nc(Cl)n1. The third-order valence-corrected chi connectivity index (χ3v) is 2.74. The number of hydrogen-bond donors (Lipinski definition) is 1. The first-order chi connectivity index (χ1) is 6.99. The molecule has 0 saturated carbocycles. The molecule has 0 amide bonds. The lowest BCUT2D eigenvalue weighted by Crippen LogP contribution is -2.17. The molecule has 4 heteroatoms. The molecule has 0 aromatic carbocycles. The van der Waals surface area contributed by atoms with Crippen LogP contribution in [-0.2, 0) is 0 Å². The van der Waals surface area contributed by atoms with E-state index in [0.717, 1.165) is 18.1 Å². The van der Waals surface area contributed by atoms with Gasteiger partial charge >= 0.3 is 0 Å². The van der Waals surface area contributed by atoms with Gasteiger partial charge in [0.2, 0.25) is 5.28 Å². The van der Waals surface area contributed by atoms with Crippen molar-refractivity contribution < 1.29 is 0 Å². The van der Waals surface area contributed by atoms with Gasteiger partial charge in [0.05, 0.1) is 0 Å². The van der Waals surface area contributed by atoms with Gasteiger partial charge in [0.1, 0.15) is 5.82 Å². The van der Waals surface area contributed by atoms with Crippen LogP contribution in [0, 0.1) is 18.8 Å². The van der Waals surface area contributed by atoms with Gasteiger partial charge in [-0.3, -0.25) is 0 Å². The number of nitrogens with zero attached hydrogens (tertiary/aromatic N) is 2. The number of hydrogen-bond acceptors (Lipinski definition) is 3. The first-order valence-corrected chi connectivity index (χ1v) is 5.62. The van der Waals surface area contributed by atoms with Gasteiger partial charge in [0.25, 0.3) is 0 Å². The Kier molecular flexibility index (Phi) is 4.33. The molecule has 1 rings (SSSR count). The van der Waals surface area contributed by atoms with Crippen molar-refractivity contribution in [3.05, 3.63) is 17.0 Å². The summed E-state index contributed by atoms with van der Waals surface area (Å²) < 4.78 is 0. The smallest absolute Gasteiger partial charge is 0.224 e. The third-order valence-electron chi connectivity index (χ3n) is 2.57. The molecule has 15 heavy (non-hydrogen) atoms. The summed E-state index contributed by atoms with van der Waals surface area (Å²) in [7, 11) is 0. The molecule has 0 aliphatic heterocycles. The van der Waals surface area contributed by atoms with Crippen molar-refractivity contribution in [2.75, 3.05) is 11.9 Å². The third kappa shape index (κ3) is 4.04. The summed E-state index contributed by atoms with van der Waals surface area (Å²) in [6.45, 7) is 9.46. The van der Waals surface area contributed by atoms with E-state index in [1.54, 1.807) is 0 Å². The number of aromatic nitrogens is 2. The predicted molar refractivity (Wildman–Crippen MR) is 64.3 cm³/mol. The molecule has 1 heterocycles. The number of aryl methyl sites for hydroxylation is 1. The predicted octanol–water partition coefficient (Wildman–Crippen LogP) is 3.14. The second kappa shape index (κ2) is 5.31. The molecular weight excluding hydrogens is 210 g/mol. The molecule has 0 saturated heterocycles. The average Bonchev–Trinajstić information content (AvgIpc) is 2.12. The van der Waals surface area contributed by atoms with Gasteiger partial charge in [-0.25, -0.2) is 9.97 Å². The molecule has 0 radical (unpaired) electrons. The molecule has 1 aromatic rings. The highest BCUT2D eigenvalue weighted by atomic mass is 35.5. The van der Waals surface area contributed by atoms with Crippen LogP contribution in [0.2, 0.25) is 5.28 Å². The summed E-state index contributed by atoms with van der Waals surface area (Å²) in [6.07, 6.45) is 0. The Balaban J connectivity index is 2.57. The van der Waals surface area contributed by atoms with Crippen molar-refractivity contribution in [1.29, 1.82) is 0 Å². The second-order valence-corrected chi connectivity index (χ2v) is 4.60. The maximum absolute atomic E-state index is 5.77. The van der Waals surface area contributed by atoms with Crippen molar-refractivity contribution in [3.63, 3.8) is 0 Å². The van der Waals surface area contributed by atoms with Crippen LogP contribution in [0.1, 0.15) is 26.5 Å². The van der Waals surface area contributed by atoms with E-state index in [1.807, 2.05) is 13.0 Å². The average molecular weight is 228 g/mol. The van der Waals surface area contributed by atoms with E-state index in [-0.39, 0.29) is 0 Å². The van der Waals surface area contributed by atoms with Crippen molar-refractivity contribution in [2.45, 2.75) is 27.7 Å². The van der Waals surface area contributed by atoms with Crippen LogP contribution in [-0.4, -0.2) is 16.5 Å². The Labute approximate surface area is 96.3 Å². The minimum atomic E-state index is 0.301. The van der Waals surface area contributed by atoms with Gasteiger partial charge in [0.15, 0.2) is 0 Å². The monoisotopic (exact) mass is 227 g/mol. The van der Waals surface area contributed by atoms with E-state index in [1.165, 1.54) is 0 Å². The summed E-state index contributed by atoms with van der Waals surface area (Å²) >= 11 is 5.77. The lowest BCUT2D eigenvalue weighted by molar-refractivity contribution is 0.439. The molecule has 0 aliphatic carbocycles. The summed E-state index contributed by atoms with van der Waals surface area (Å²) in [4.78, 5) is 8.12.